The fourth-order valence-corrected chi connectivity index (χ4v) is 2.39. The zero-order valence-electron chi connectivity index (χ0n) is 11.3. The molecule has 0 spiro atoms. The second-order valence-electron chi connectivity index (χ2n) is 4.69. The standard InChI is InChI=1S/C15H14BrClN2O2/c1-10(11-2-4-13(16)5-3-11)18-9-12-8-14(19(20)21)6-7-15(12)17/h2-8,10,18H,9H2,1H3. The molecule has 0 aliphatic rings. The molecule has 21 heavy (non-hydrogen) atoms. The van der Waals surface area contributed by atoms with E-state index in [4.69, 9.17) is 11.6 Å². The first-order valence-electron chi connectivity index (χ1n) is 6.39. The van der Waals surface area contributed by atoms with Gasteiger partial charge >= 0.3 is 0 Å². The molecule has 0 radical (unpaired) electrons. The first kappa shape index (κ1) is 15.9. The van der Waals surface area contributed by atoms with Crippen molar-refractivity contribution in [1.82, 2.24) is 5.32 Å². The van der Waals surface area contributed by atoms with Gasteiger partial charge in [-0.1, -0.05) is 39.7 Å². The molecule has 1 atom stereocenters. The molecule has 0 aliphatic heterocycles. The molecule has 1 N–H and O–H groups in total. The van der Waals surface area contributed by atoms with Crippen LogP contribution in [0.4, 0.5) is 5.69 Å². The van der Waals surface area contributed by atoms with Crippen molar-refractivity contribution in [2.75, 3.05) is 0 Å². The summed E-state index contributed by atoms with van der Waals surface area (Å²) in [4.78, 5) is 10.4. The molecule has 0 saturated heterocycles. The predicted octanol–water partition coefficient (Wildman–Crippen LogP) is 4.86. The topological polar surface area (TPSA) is 55.2 Å². The Morgan fingerprint density at radius 2 is 1.95 bits per heavy atom. The Bertz CT molecular complexity index is 647. The second kappa shape index (κ2) is 7.02. The lowest BCUT2D eigenvalue weighted by Crippen LogP contribution is -2.18. The number of non-ortho nitro benzene ring substituents is 1. The molecule has 2 aromatic carbocycles. The van der Waals surface area contributed by atoms with Crippen molar-refractivity contribution in [3.63, 3.8) is 0 Å². The highest BCUT2D eigenvalue weighted by Crippen LogP contribution is 2.23. The fourth-order valence-electron chi connectivity index (χ4n) is 1.94. The number of nitro groups is 1. The van der Waals surface area contributed by atoms with Gasteiger partial charge < -0.3 is 5.32 Å². The molecular weight excluding hydrogens is 356 g/mol. The van der Waals surface area contributed by atoms with E-state index in [1.807, 2.05) is 31.2 Å². The van der Waals surface area contributed by atoms with Crippen LogP contribution in [0, 0.1) is 10.1 Å². The van der Waals surface area contributed by atoms with Crippen LogP contribution in [0.25, 0.3) is 0 Å². The van der Waals surface area contributed by atoms with Gasteiger partial charge in [0.05, 0.1) is 4.92 Å². The maximum atomic E-state index is 10.8. The van der Waals surface area contributed by atoms with Crippen LogP contribution in [0.15, 0.2) is 46.9 Å². The molecule has 0 saturated carbocycles. The summed E-state index contributed by atoms with van der Waals surface area (Å²) in [5, 5.41) is 14.6. The van der Waals surface area contributed by atoms with Crippen molar-refractivity contribution >= 4 is 33.2 Å². The Labute approximate surface area is 136 Å². The molecule has 4 nitrogen and oxygen atoms in total. The third-order valence-electron chi connectivity index (χ3n) is 3.21. The number of benzene rings is 2. The van der Waals surface area contributed by atoms with E-state index in [0.29, 0.717) is 11.6 Å². The molecule has 0 fully saturated rings. The highest BCUT2D eigenvalue weighted by molar-refractivity contribution is 9.10. The van der Waals surface area contributed by atoms with Crippen LogP contribution >= 0.6 is 27.5 Å². The molecule has 0 aromatic heterocycles. The van der Waals surface area contributed by atoms with Crippen molar-refractivity contribution in [3.8, 4) is 0 Å². The molecular formula is C15H14BrClN2O2. The van der Waals surface area contributed by atoms with Crippen molar-refractivity contribution in [2.24, 2.45) is 0 Å². The van der Waals surface area contributed by atoms with Gasteiger partial charge in [-0.15, -0.1) is 0 Å². The maximum absolute atomic E-state index is 10.8. The van der Waals surface area contributed by atoms with Gasteiger partial charge in [0.1, 0.15) is 0 Å². The van der Waals surface area contributed by atoms with E-state index in [9.17, 15) is 10.1 Å². The Morgan fingerprint density at radius 3 is 2.57 bits per heavy atom. The smallest absolute Gasteiger partial charge is 0.269 e. The zero-order chi connectivity index (χ0) is 15.4. The van der Waals surface area contributed by atoms with Crippen LogP contribution in [0.2, 0.25) is 5.02 Å². The largest absolute Gasteiger partial charge is 0.306 e. The molecule has 0 heterocycles. The van der Waals surface area contributed by atoms with E-state index in [1.54, 1.807) is 6.07 Å². The minimum Gasteiger partial charge on any atom is -0.306 e. The molecule has 0 bridgehead atoms. The lowest BCUT2D eigenvalue weighted by molar-refractivity contribution is -0.384. The summed E-state index contributed by atoms with van der Waals surface area (Å²) in [6, 6.07) is 12.6. The minimum absolute atomic E-state index is 0.0486. The van der Waals surface area contributed by atoms with Gasteiger partial charge in [-0.05, 0) is 36.2 Å². The number of hydrogen-bond acceptors (Lipinski definition) is 3. The normalized spacial score (nSPS) is 12.1. The summed E-state index contributed by atoms with van der Waals surface area (Å²) < 4.78 is 1.03. The highest BCUT2D eigenvalue weighted by atomic mass is 79.9. The van der Waals surface area contributed by atoms with Crippen LogP contribution in [0.3, 0.4) is 0 Å². The van der Waals surface area contributed by atoms with Crippen LogP contribution in [0.1, 0.15) is 24.1 Å². The molecule has 2 aromatic rings. The molecule has 1 unspecified atom stereocenters. The lowest BCUT2D eigenvalue weighted by atomic mass is 10.1. The number of halogens is 2. The zero-order valence-corrected chi connectivity index (χ0v) is 13.7. The molecule has 0 amide bonds. The van der Waals surface area contributed by atoms with E-state index in [-0.39, 0.29) is 11.7 Å². The van der Waals surface area contributed by atoms with Gasteiger partial charge in [0.15, 0.2) is 0 Å². The Morgan fingerprint density at radius 1 is 1.29 bits per heavy atom. The highest BCUT2D eigenvalue weighted by Gasteiger charge is 2.11. The summed E-state index contributed by atoms with van der Waals surface area (Å²) in [6.07, 6.45) is 0. The third kappa shape index (κ3) is 4.27. The van der Waals surface area contributed by atoms with Crippen molar-refractivity contribution in [1.29, 1.82) is 0 Å². The van der Waals surface area contributed by atoms with Crippen molar-refractivity contribution in [2.45, 2.75) is 19.5 Å². The van der Waals surface area contributed by atoms with E-state index in [1.165, 1.54) is 12.1 Å². The van der Waals surface area contributed by atoms with Gasteiger partial charge in [0.2, 0.25) is 0 Å². The summed E-state index contributed by atoms with van der Waals surface area (Å²) in [5.74, 6) is 0. The Hall–Kier alpha value is -1.43. The van der Waals surface area contributed by atoms with Crippen LogP contribution in [-0.4, -0.2) is 4.92 Å². The van der Waals surface area contributed by atoms with Gasteiger partial charge in [0, 0.05) is 34.2 Å². The monoisotopic (exact) mass is 368 g/mol. The Balaban J connectivity index is 2.07. The number of nitro benzene ring substituents is 1. The van der Waals surface area contributed by atoms with E-state index in [0.717, 1.165) is 15.6 Å². The lowest BCUT2D eigenvalue weighted by Gasteiger charge is -2.15. The molecule has 110 valence electrons. The number of nitrogens with one attached hydrogen (secondary N) is 1. The van der Waals surface area contributed by atoms with Gasteiger partial charge in [-0.25, -0.2) is 0 Å². The Kier molecular flexibility index (Phi) is 5.33. The maximum Gasteiger partial charge on any atom is 0.269 e. The van der Waals surface area contributed by atoms with Gasteiger partial charge in [0.25, 0.3) is 5.69 Å². The van der Waals surface area contributed by atoms with E-state index in [2.05, 4.69) is 21.2 Å². The second-order valence-corrected chi connectivity index (χ2v) is 6.01. The molecule has 6 heteroatoms. The van der Waals surface area contributed by atoms with Crippen molar-refractivity contribution in [3.05, 3.63) is 73.2 Å². The first-order valence-corrected chi connectivity index (χ1v) is 7.56. The molecule has 0 aliphatic carbocycles. The van der Waals surface area contributed by atoms with E-state index >= 15 is 0 Å². The average Bonchev–Trinajstić information content (AvgIpc) is 2.46. The first-order chi connectivity index (χ1) is 9.97. The van der Waals surface area contributed by atoms with Crippen LogP contribution in [-0.2, 0) is 6.54 Å². The van der Waals surface area contributed by atoms with Gasteiger partial charge in [-0.3, -0.25) is 10.1 Å². The SMILES string of the molecule is CC(NCc1cc([N+](=O)[O-])ccc1Cl)c1ccc(Br)cc1. The number of hydrogen-bond donors (Lipinski definition) is 1. The summed E-state index contributed by atoms with van der Waals surface area (Å²) in [5.41, 5.74) is 1.90. The number of nitrogens with zero attached hydrogens (tertiary/aromatic N) is 1. The molecule has 2 rings (SSSR count). The minimum atomic E-state index is -0.419. The fraction of sp³-hybridized carbons (Fsp3) is 0.200. The van der Waals surface area contributed by atoms with E-state index < -0.39 is 4.92 Å². The average molecular weight is 370 g/mol. The quantitative estimate of drug-likeness (QED) is 0.605. The summed E-state index contributed by atoms with van der Waals surface area (Å²) >= 11 is 9.48. The van der Waals surface area contributed by atoms with Gasteiger partial charge in [-0.2, -0.15) is 0 Å². The number of rotatable bonds is 5. The summed E-state index contributed by atoms with van der Waals surface area (Å²) in [7, 11) is 0. The summed E-state index contributed by atoms with van der Waals surface area (Å²) in [6.45, 7) is 2.51. The van der Waals surface area contributed by atoms with Crippen molar-refractivity contribution < 1.29 is 4.92 Å². The van der Waals surface area contributed by atoms with Crippen LogP contribution in [0.5, 0.6) is 0 Å². The van der Waals surface area contributed by atoms with Crippen LogP contribution < -0.4 is 5.32 Å². The predicted molar refractivity (Wildman–Crippen MR) is 87.5 cm³/mol. The third-order valence-corrected chi connectivity index (χ3v) is 4.11.